The largest absolute Gasteiger partial charge is 0.464 e. The highest BCUT2D eigenvalue weighted by Gasteiger charge is 2.40. The van der Waals surface area contributed by atoms with E-state index in [2.05, 4.69) is 77.8 Å². The number of pyridine rings is 1. The molecule has 0 unspecified atom stereocenters. The predicted molar refractivity (Wildman–Crippen MR) is 254 cm³/mol. The van der Waals surface area contributed by atoms with Crippen molar-refractivity contribution in [2.24, 2.45) is 17.3 Å². The molecule has 3 aliphatic rings. The number of carbonyl (C=O) groups excluding carboxylic acids is 5. The summed E-state index contributed by atoms with van der Waals surface area (Å²) in [7, 11) is 5.02. The number of esters is 1. The first-order chi connectivity index (χ1) is 31.5. The van der Waals surface area contributed by atoms with Crippen LogP contribution in [-0.2, 0) is 52.8 Å². The lowest BCUT2D eigenvalue weighted by atomic mass is 9.84. The lowest BCUT2D eigenvalue weighted by molar-refractivity contribution is -0.155. The Labute approximate surface area is 388 Å². The van der Waals surface area contributed by atoms with Crippen molar-refractivity contribution in [2.75, 3.05) is 54.0 Å². The fraction of sp³-hybridized carbons (Fsp3) is 0.529. The highest BCUT2D eigenvalue weighted by atomic mass is 16.5. The molecule has 0 spiro atoms. The molecule has 2 fully saturated rings. The summed E-state index contributed by atoms with van der Waals surface area (Å²) in [5.74, 6) is -2.34. The summed E-state index contributed by atoms with van der Waals surface area (Å²) in [5, 5.41) is 8.47. The van der Waals surface area contributed by atoms with Gasteiger partial charge in [0.05, 0.1) is 36.6 Å². The van der Waals surface area contributed by atoms with Crippen LogP contribution in [0.4, 0.5) is 0 Å². The maximum atomic E-state index is 14.7. The number of methoxy groups -OCH3 is 1. The second kappa shape index (κ2) is 20.5. The summed E-state index contributed by atoms with van der Waals surface area (Å²) in [4.78, 5) is 77.7. The Bertz CT molecular complexity index is 2450. The first-order valence-electron chi connectivity index (χ1n) is 23.5. The molecule has 0 aliphatic carbocycles. The smallest absolute Gasteiger partial charge is 0.324 e. The maximum absolute atomic E-state index is 14.7. The van der Waals surface area contributed by atoms with Gasteiger partial charge < -0.3 is 34.5 Å². The summed E-state index contributed by atoms with van der Waals surface area (Å²) >= 11 is 0. The van der Waals surface area contributed by atoms with E-state index < -0.39 is 47.2 Å². The molecule has 15 nitrogen and oxygen atoms in total. The number of rotatable bonds is 11. The zero-order valence-corrected chi connectivity index (χ0v) is 40.1. The molecule has 6 bridgehead atoms. The number of nitrogens with zero attached hydrogens (tertiary/aromatic N) is 5. The average Bonchev–Trinajstić information content (AvgIpc) is 3.92. The summed E-state index contributed by atoms with van der Waals surface area (Å²) in [6.07, 6.45) is 3.81. The number of amides is 4. The Kier molecular flexibility index (Phi) is 15.0. The van der Waals surface area contributed by atoms with Gasteiger partial charge in [-0.15, -0.1) is 0 Å². The first kappa shape index (κ1) is 48.3. The number of aryl methyl sites for hydroxylation is 1. The maximum Gasteiger partial charge on any atom is 0.324 e. The molecular formula is C51H68N8O7. The van der Waals surface area contributed by atoms with E-state index in [0.29, 0.717) is 45.3 Å². The monoisotopic (exact) mass is 905 g/mol. The van der Waals surface area contributed by atoms with Gasteiger partial charge in [0, 0.05) is 74.8 Å². The van der Waals surface area contributed by atoms with Crippen molar-refractivity contribution in [3.05, 3.63) is 77.6 Å². The third-order valence-corrected chi connectivity index (χ3v) is 13.5. The van der Waals surface area contributed by atoms with E-state index in [4.69, 9.17) is 14.5 Å². The van der Waals surface area contributed by atoms with Gasteiger partial charge in [0.25, 0.3) is 5.91 Å². The number of likely N-dealkylation sites (N-methyl/N-ethyl adjacent to an activating group) is 2. The normalized spacial score (nSPS) is 21.0. The van der Waals surface area contributed by atoms with E-state index in [-0.39, 0.29) is 50.0 Å². The number of ether oxygens (including phenoxy) is 2. The third kappa shape index (κ3) is 10.2. The van der Waals surface area contributed by atoms with Gasteiger partial charge >= 0.3 is 5.97 Å². The van der Waals surface area contributed by atoms with Crippen molar-refractivity contribution >= 4 is 40.5 Å². The quantitative estimate of drug-likeness (QED) is 0.168. The molecule has 4 aromatic rings. The van der Waals surface area contributed by atoms with E-state index in [0.717, 1.165) is 50.1 Å². The van der Waals surface area contributed by atoms with Gasteiger partial charge in [0.1, 0.15) is 18.1 Å². The van der Waals surface area contributed by atoms with Crippen LogP contribution in [0.3, 0.4) is 0 Å². The highest BCUT2D eigenvalue weighted by Crippen LogP contribution is 2.42. The number of fused-ring (bicyclic) bond motifs is 6. The molecule has 5 heterocycles. The molecular weight excluding hydrogens is 837 g/mol. The molecule has 2 saturated heterocycles. The van der Waals surface area contributed by atoms with Crippen molar-refractivity contribution in [1.29, 1.82) is 0 Å². The molecule has 5 atom stereocenters. The van der Waals surface area contributed by atoms with Crippen molar-refractivity contribution in [1.82, 2.24) is 40.4 Å². The van der Waals surface area contributed by atoms with Crippen LogP contribution in [-0.4, -0.2) is 126 Å². The second-order valence-corrected chi connectivity index (χ2v) is 19.3. The number of hydrazine groups is 1. The first-order valence-corrected chi connectivity index (χ1v) is 23.5. The number of hydrogen-bond acceptors (Lipinski definition) is 10. The standard InChI is InChI=1S/C51H68N8O7/c1-10-58-42-19-18-35-26-38(42)39(46(58)37-16-12-21-53-44(37)32(4)65-9)27-51(5,6)30-66-50(64)40-17-13-22-59(55-40)49(63)41(25-33-14-11-15-34(35)24-33)54-47(61)45(31(2)3)56(8)48(62)36-20-23-57(29-36)43(60)28-52-7/h11-12,14-16,18-19,21,24,26,31-32,36,40-41,45,52,55H,10,13,17,20,22-23,25,27-30H2,1-9H3,(H,54,61)/t32-,36-,40-,41-,45-/m0/s1. The van der Waals surface area contributed by atoms with E-state index in [1.54, 1.807) is 32.3 Å². The van der Waals surface area contributed by atoms with E-state index >= 15 is 0 Å². The van der Waals surface area contributed by atoms with E-state index in [9.17, 15) is 24.0 Å². The summed E-state index contributed by atoms with van der Waals surface area (Å²) < 4.78 is 14.3. The molecule has 4 amide bonds. The van der Waals surface area contributed by atoms with Crippen molar-refractivity contribution < 1.29 is 33.4 Å². The molecule has 0 saturated carbocycles. The SMILES string of the molecule is CCn1c(-c2cccnc2[C@H](C)OC)c2c3cc(ccc31)-c1cccc(c1)C[C@H](NC(=O)[C@H](C(C)C)N(C)C(=O)[C@H]1CCN(C(=O)CNC)C1)C(=O)N1CCC[C@H](N1)C(=O)OCC(C)(C)C2. The van der Waals surface area contributed by atoms with Crippen LogP contribution in [0.2, 0.25) is 0 Å². The minimum absolute atomic E-state index is 0.0738. The van der Waals surface area contributed by atoms with Crippen molar-refractivity contribution in [2.45, 2.75) is 104 Å². The van der Waals surface area contributed by atoms with Crippen LogP contribution >= 0.6 is 0 Å². The topological polar surface area (TPSA) is 167 Å². The molecule has 354 valence electrons. The number of likely N-dealkylation sites (tertiary alicyclic amines) is 1. The minimum Gasteiger partial charge on any atom is -0.464 e. The Balaban J connectivity index is 1.28. The van der Waals surface area contributed by atoms with Crippen LogP contribution in [0.1, 0.15) is 83.7 Å². The van der Waals surface area contributed by atoms with E-state index in [1.165, 1.54) is 9.91 Å². The van der Waals surface area contributed by atoms with Gasteiger partial charge in [-0.25, -0.2) is 5.43 Å². The molecule has 3 aliphatic heterocycles. The summed E-state index contributed by atoms with van der Waals surface area (Å²) in [6, 6.07) is 15.9. The second-order valence-electron chi connectivity index (χ2n) is 19.3. The fourth-order valence-corrected chi connectivity index (χ4v) is 10.0. The van der Waals surface area contributed by atoms with Gasteiger partial charge in [0.15, 0.2) is 0 Å². The number of carbonyl (C=O) groups is 5. The Hall–Kier alpha value is -5.64. The number of aromatic nitrogens is 2. The fourth-order valence-electron chi connectivity index (χ4n) is 10.0. The van der Waals surface area contributed by atoms with Crippen LogP contribution in [0, 0.1) is 17.3 Å². The zero-order chi connectivity index (χ0) is 47.4. The molecule has 7 rings (SSSR count). The Morgan fingerprint density at radius 3 is 2.53 bits per heavy atom. The number of nitrogens with one attached hydrogen (secondary N) is 3. The Morgan fingerprint density at radius 2 is 1.80 bits per heavy atom. The lowest BCUT2D eigenvalue weighted by Crippen LogP contribution is -2.62. The number of benzene rings is 2. The minimum atomic E-state index is -1.04. The van der Waals surface area contributed by atoms with Gasteiger partial charge in [0.2, 0.25) is 17.7 Å². The molecule has 2 aromatic carbocycles. The lowest BCUT2D eigenvalue weighted by Gasteiger charge is -2.37. The van der Waals surface area contributed by atoms with Crippen molar-refractivity contribution in [3.8, 4) is 22.4 Å². The third-order valence-electron chi connectivity index (χ3n) is 13.5. The van der Waals surface area contributed by atoms with Crippen LogP contribution in [0.25, 0.3) is 33.3 Å². The van der Waals surface area contributed by atoms with Gasteiger partial charge in [-0.1, -0.05) is 58.0 Å². The van der Waals surface area contributed by atoms with Crippen molar-refractivity contribution in [3.63, 3.8) is 0 Å². The zero-order valence-electron chi connectivity index (χ0n) is 40.1. The average molecular weight is 905 g/mol. The molecule has 2 aromatic heterocycles. The highest BCUT2D eigenvalue weighted by molar-refractivity contribution is 5.96. The summed E-state index contributed by atoms with van der Waals surface area (Å²) in [6.45, 7) is 14.2. The molecule has 3 N–H and O–H groups in total. The van der Waals surface area contributed by atoms with E-state index in [1.807, 2.05) is 39.0 Å². The predicted octanol–water partition coefficient (Wildman–Crippen LogP) is 5.30. The summed E-state index contributed by atoms with van der Waals surface area (Å²) in [5.41, 5.74) is 10.5. The van der Waals surface area contributed by atoms with Crippen LogP contribution in [0.15, 0.2) is 60.8 Å². The molecule has 0 radical (unpaired) electrons. The Morgan fingerprint density at radius 1 is 1.03 bits per heavy atom. The molecule has 66 heavy (non-hydrogen) atoms. The van der Waals surface area contributed by atoms with Gasteiger partial charge in [-0.2, -0.15) is 0 Å². The van der Waals surface area contributed by atoms with Crippen LogP contribution < -0.4 is 16.1 Å². The number of hydrogen-bond donors (Lipinski definition) is 3. The molecule has 15 heteroatoms. The van der Waals surface area contributed by atoms with Gasteiger partial charge in [-0.05, 0) is 99.0 Å². The van der Waals surface area contributed by atoms with Gasteiger partial charge in [-0.3, -0.25) is 34.0 Å². The van der Waals surface area contributed by atoms with Crippen LogP contribution in [0.5, 0.6) is 0 Å². The number of cyclic esters (lactones) is 1.